The number of amides is 1. The summed E-state index contributed by atoms with van der Waals surface area (Å²) in [6.07, 6.45) is 1.07. The average Bonchev–Trinajstić information content (AvgIpc) is 2.42. The average molecular weight is 278 g/mol. The van der Waals surface area contributed by atoms with E-state index in [0.717, 1.165) is 24.4 Å². The largest absolute Gasteiger partial charge is 0.478 e. The topological polar surface area (TPSA) is 79.3 Å². The van der Waals surface area contributed by atoms with E-state index in [1.54, 1.807) is 0 Å². The summed E-state index contributed by atoms with van der Waals surface area (Å²) in [6, 6.07) is 5.28. The van der Waals surface area contributed by atoms with Gasteiger partial charge in [-0.2, -0.15) is 0 Å². The van der Waals surface area contributed by atoms with Crippen LogP contribution in [0, 0.1) is 11.6 Å². The minimum atomic E-state index is -1.14. The monoisotopic (exact) mass is 278 g/mol. The molecule has 0 aliphatic rings. The second-order valence-corrected chi connectivity index (χ2v) is 3.82. The van der Waals surface area contributed by atoms with Gasteiger partial charge in [0.25, 0.3) is 5.91 Å². The molecule has 102 valence electrons. The van der Waals surface area contributed by atoms with Crippen molar-refractivity contribution in [3.05, 3.63) is 59.3 Å². The zero-order valence-electron chi connectivity index (χ0n) is 9.93. The number of rotatable bonds is 3. The van der Waals surface area contributed by atoms with Gasteiger partial charge in [0.2, 0.25) is 0 Å². The van der Waals surface area contributed by atoms with E-state index < -0.39 is 23.5 Å². The Balaban J connectivity index is 2.14. The number of carbonyl (C=O) groups excluding carboxylic acids is 1. The van der Waals surface area contributed by atoms with E-state index in [-0.39, 0.29) is 16.9 Å². The Hall–Kier alpha value is -2.83. The Labute approximate surface area is 111 Å². The van der Waals surface area contributed by atoms with Gasteiger partial charge in [-0.05, 0) is 30.3 Å². The molecule has 1 aromatic heterocycles. The summed E-state index contributed by atoms with van der Waals surface area (Å²) in [7, 11) is 0. The van der Waals surface area contributed by atoms with Gasteiger partial charge in [-0.25, -0.2) is 18.6 Å². The fourth-order valence-corrected chi connectivity index (χ4v) is 1.42. The van der Waals surface area contributed by atoms with Gasteiger partial charge in [0.1, 0.15) is 5.82 Å². The second-order valence-electron chi connectivity index (χ2n) is 3.82. The second kappa shape index (κ2) is 5.43. The van der Waals surface area contributed by atoms with Gasteiger partial charge in [0, 0.05) is 11.8 Å². The van der Waals surface area contributed by atoms with Gasteiger partial charge in [-0.1, -0.05) is 0 Å². The van der Waals surface area contributed by atoms with E-state index >= 15 is 0 Å². The number of anilines is 1. The molecule has 0 saturated carbocycles. The van der Waals surface area contributed by atoms with Crippen LogP contribution < -0.4 is 5.32 Å². The van der Waals surface area contributed by atoms with Crippen molar-refractivity contribution in [2.45, 2.75) is 0 Å². The van der Waals surface area contributed by atoms with Crippen molar-refractivity contribution >= 4 is 17.7 Å². The Morgan fingerprint density at radius 3 is 2.30 bits per heavy atom. The minimum absolute atomic E-state index is 0.0316. The molecule has 0 fully saturated rings. The Morgan fingerprint density at radius 2 is 1.75 bits per heavy atom. The number of hydrogen-bond acceptors (Lipinski definition) is 3. The Kier molecular flexibility index (Phi) is 3.69. The van der Waals surface area contributed by atoms with Crippen LogP contribution in [0.15, 0.2) is 36.5 Å². The fourth-order valence-electron chi connectivity index (χ4n) is 1.42. The molecular weight excluding hydrogens is 270 g/mol. The maximum Gasteiger partial charge on any atom is 0.337 e. The molecule has 1 aromatic carbocycles. The van der Waals surface area contributed by atoms with Gasteiger partial charge in [-0.3, -0.25) is 4.79 Å². The molecule has 2 aromatic rings. The van der Waals surface area contributed by atoms with Gasteiger partial charge < -0.3 is 10.4 Å². The van der Waals surface area contributed by atoms with Crippen LogP contribution in [0.2, 0.25) is 0 Å². The number of nitrogens with one attached hydrogen (secondary N) is 1. The minimum Gasteiger partial charge on any atom is -0.478 e. The van der Waals surface area contributed by atoms with Gasteiger partial charge >= 0.3 is 5.97 Å². The van der Waals surface area contributed by atoms with Gasteiger partial charge in [0.05, 0.1) is 5.56 Å². The maximum absolute atomic E-state index is 13.0. The molecule has 0 bridgehead atoms. The summed E-state index contributed by atoms with van der Waals surface area (Å²) in [5.74, 6) is -3.91. The van der Waals surface area contributed by atoms with Crippen LogP contribution in [-0.2, 0) is 0 Å². The number of carboxylic acids is 1. The molecule has 2 N–H and O–H groups in total. The summed E-state index contributed by atoms with van der Waals surface area (Å²) in [4.78, 5) is 26.1. The number of hydrogen-bond donors (Lipinski definition) is 2. The lowest BCUT2D eigenvalue weighted by Gasteiger charge is -2.05. The van der Waals surface area contributed by atoms with Crippen LogP contribution in [0.3, 0.4) is 0 Å². The molecule has 1 heterocycles. The van der Waals surface area contributed by atoms with Crippen LogP contribution in [0.25, 0.3) is 0 Å². The lowest BCUT2D eigenvalue weighted by molar-refractivity contribution is 0.0696. The first-order chi connectivity index (χ1) is 9.47. The zero-order valence-corrected chi connectivity index (χ0v) is 9.93. The van der Waals surface area contributed by atoms with Crippen LogP contribution in [0.4, 0.5) is 14.6 Å². The predicted molar refractivity (Wildman–Crippen MR) is 65.5 cm³/mol. The van der Waals surface area contributed by atoms with E-state index in [1.807, 2.05) is 0 Å². The third-order valence-electron chi connectivity index (χ3n) is 2.43. The van der Waals surface area contributed by atoms with Crippen molar-refractivity contribution < 1.29 is 23.5 Å². The smallest absolute Gasteiger partial charge is 0.337 e. The zero-order chi connectivity index (χ0) is 14.7. The van der Waals surface area contributed by atoms with Crippen molar-refractivity contribution in [2.24, 2.45) is 0 Å². The summed E-state index contributed by atoms with van der Waals surface area (Å²) in [5.41, 5.74) is -0.108. The summed E-state index contributed by atoms with van der Waals surface area (Å²) >= 11 is 0. The number of carboxylic acid groups (broad SMARTS) is 1. The SMILES string of the molecule is O=C(O)c1ccc(NC(=O)c2ccc(F)c(F)c2)nc1. The van der Waals surface area contributed by atoms with Crippen molar-refractivity contribution in [2.75, 3.05) is 5.32 Å². The van der Waals surface area contributed by atoms with Crippen LogP contribution in [-0.4, -0.2) is 22.0 Å². The maximum atomic E-state index is 13.0. The molecule has 5 nitrogen and oxygen atoms in total. The highest BCUT2D eigenvalue weighted by Gasteiger charge is 2.11. The standard InChI is InChI=1S/C13H8F2N2O3/c14-9-3-1-7(5-10(9)15)12(18)17-11-4-2-8(6-16-11)13(19)20/h1-6H,(H,19,20)(H,16,17,18). The molecule has 0 unspecified atom stereocenters. The van der Waals surface area contributed by atoms with Crippen LogP contribution >= 0.6 is 0 Å². The van der Waals surface area contributed by atoms with Gasteiger partial charge in [-0.15, -0.1) is 0 Å². The number of nitrogens with zero attached hydrogens (tertiary/aromatic N) is 1. The number of aromatic nitrogens is 1. The normalized spacial score (nSPS) is 10.1. The van der Waals surface area contributed by atoms with E-state index in [1.165, 1.54) is 12.1 Å². The van der Waals surface area contributed by atoms with E-state index in [4.69, 9.17) is 5.11 Å². The first kappa shape index (κ1) is 13.6. The van der Waals surface area contributed by atoms with Crippen molar-refractivity contribution in [3.8, 4) is 0 Å². The number of pyridine rings is 1. The molecule has 7 heteroatoms. The summed E-state index contributed by atoms with van der Waals surface area (Å²) in [6.45, 7) is 0. The molecule has 20 heavy (non-hydrogen) atoms. The molecule has 0 radical (unpaired) electrons. The first-order valence-corrected chi connectivity index (χ1v) is 5.43. The van der Waals surface area contributed by atoms with Gasteiger partial charge in [0.15, 0.2) is 11.6 Å². The third-order valence-corrected chi connectivity index (χ3v) is 2.43. The molecular formula is C13H8F2N2O3. The molecule has 0 aliphatic heterocycles. The summed E-state index contributed by atoms with van der Waals surface area (Å²) in [5, 5.41) is 11.0. The number of benzene rings is 1. The molecule has 0 saturated heterocycles. The van der Waals surface area contributed by atoms with E-state index in [0.29, 0.717) is 0 Å². The highest BCUT2D eigenvalue weighted by atomic mass is 19.2. The van der Waals surface area contributed by atoms with Crippen molar-refractivity contribution in [1.82, 2.24) is 4.98 Å². The molecule has 2 rings (SSSR count). The fraction of sp³-hybridized carbons (Fsp3) is 0. The van der Waals surface area contributed by atoms with Crippen molar-refractivity contribution in [3.63, 3.8) is 0 Å². The number of aromatic carboxylic acids is 1. The summed E-state index contributed by atoms with van der Waals surface area (Å²) < 4.78 is 25.7. The number of halogens is 2. The van der Waals surface area contributed by atoms with E-state index in [2.05, 4.69) is 10.3 Å². The Bertz CT molecular complexity index is 672. The molecule has 0 spiro atoms. The molecule has 1 amide bonds. The quantitative estimate of drug-likeness (QED) is 0.903. The van der Waals surface area contributed by atoms with Crippen LogP contribution in [0.5, 0.6) is 0 Å². The Morgan fingerprint density at radius 1 is 1.05 bits per heavy atom. The lowest BCUT2D eigenvalue weighted by atomic mass is 10.2. The highest BCUT2D eigenvalue weighted by molar-refractivity contribution is 6.03. The molecule has 0 atom stereocenters. The third kappa shape index (κ3) is 2.94. The lowest BCUT2D eigenvalue weighted by Crippen LogP contribution is -2.13. The highest BCUT2D eigenvalue weighted by Crippen LogP contribution is 2.11. The molecule has 0 aliphatic carbocycles. The van der Waals surface area contributed by atoms with E-state index in [9.17, 15) is 18.4 Å². The predicted octanol–water partition coefficient (Wildman–Crippen LogP) is 2.31. The van der Waals surface area contributed by atoms with Crippen molar-refractivity contribution in [1.29, 1.82) is 0 Å². The van der Waals surface area contributed by atoms with Crippen LogP contribution in [0.1, 0.15) is 20.7 Å². The number of carbonyl (C=O) groups is 2. The first-order valence-electron chi connectivity index (χ1n) is 5.43.